The van der Waals surface area contributed by atoms with Crippen molar-refractivity contribution in [2.24, 2.45) is 0 Å². The standard InChI is InChI=1S/C21H24F4O2/c1-2-3-4-5-16-6-10-18(11-7-16)21(24,25)26-15-14-17-8-12-19(13-9-17)27-20(22)23/h6-13,20H,2-5,14-15H2,1H3. The van der Waals surface area contributed by atoms with Gasteiger partial charge in [0.25, 0.3) is 0 Å². The lowest BCUT2D eigenvalue weighted by Crippen LogP contribution is -2.19. The Morgan fingerprint density at radius 2 is 1.44 bits per heavy atom. The molecule has 2 aromatic carbocycles. The molecule has 0 aliphatic heterocycles. The first-order chi connectivity index (χ1) is 12.9. The molecule has 0 fully saturated rings. The van der Waals surface area contributed by atoms with Crippen LogP contribution in [0.1, 0.15) is 42.9 Å². The van der Waals surface area contributed by atoms with Crippen molar-refractivity contribution in [3.63, 3.8) is 0 Å². The Bertz CT molecular complexity index is 670. The molecule has 0 aliphatic carbocycles. The molecule has 0 N–H and O–H groups in total. The molecule has 0 atom stereocenters. The zero-order chi connectivity index (χ0) is 19.7. The van der Waals surface area contributed by atoms with Gasteiger partial charge < -0.3 is 9.47 Å². The van der Waals surface area contributed by atoms with Gasteiger partial charge in [-0.3, -0.25) is 0 Å². The molecule has 0 unspecified atom stereocenters. The molecule has 0 heterocycles. The van der Waals surface area contributed by atoms with E-state index in [1.807, 2.05) is 0 Å². The quantitative estimate of drug-likeness (QED) is 0.333. The summed E-state index contributed by atoms with van der Waals surface area (Å²) in [5.74, 6) is 0.0269. The van der Waals surface area contributed by atoms with Crippen LogP contribution in [-0.2, 0) is 23.7 Å². The first-order valence-corrected chi connectivity index (χ1v) is 9.05. The molecule has 2 rings (SSSR count). The Hall–Kier alpha value is -2.08. The summed E-state index contributed by atoms with van der Waals surface area (Å²) in [6.45, 7) is -0.969. The van der Waals surface area contributed by atoms with Gasteiger partial charge in [-0.05, 0) is 42.5 Å². The van der Waals surface area contributed by atoms with Crippen molar-refractivity contribution in [2.45, 2.75) is 51.7 Å². The first kappa shape index (κ1) is 21.2. The number of benzene rings is 2. The van der Waals surface area contributed by atoms with Crippen molar-refractivity contribution in [1.29, 1.82) is 0 Å². The molecule has 0 aromatic heterocycles. The Kier molecular flexibility index (Phi) is 8.10. The fourth-order valence-corrected chi connectivity index (χ4v) is 2.66. The minimum absolute atomic E-state index is 0.0269. The number of halogens is 4. The highest BCUT2D eigenvalue weighted by molar-refractivity contribution is 5.27. The molecule has 148 valence electrons. The summed E-state index contributed by atoms with van der Waals surface area (Å²) in [5, 5.41) is 0. The van der Waals surface area contributed by atoms with E-state index in [1.165, 1.54) is 24.3 Å². The van der Waals surface area contributed by atoms with Crippen LogP contribution in [0.3, 0.4) is 0 Å². The Balaban J connectivity index is 1.83. The van der Waals surface area contributed by atoms with Crippen molar-refractivity contribution < 1.29 is 27.0 Å². The van der Waals surface area contributed by atoms with Crippen LogP contribution in [0.15, 0.2) is 48.5 Å². The van der Waals surface area contributed by atoms with E-state index < -0.39 is 12.7 Å². The first-order valence-electron chi connectivity index (χ1n) is 9.05. The zero-order valence-corrected chi connectivity index (χ0v) is 15.3. The summed E-state index contributed by atoms with van der Waals surface area (Å²) in [6.07, 6.45) is 1.03. The molecule has 0 aliphatic rings. The Labute approximate surface area is 157 Å². The fraction of sp³-hybridized carbons (Fsp3) is 0.429. The van der Waals surface area contributed by atoms with Gasteiger partial charge in [-0.1, -0.05) is 56.2 Å². The maximum Gasteiger partial charge on any atom is 0.387 e. The Morgan fingerprint density at radius 3 is 2.04 bits per heavy atom. The highest BCUT2D eigenvalue weighted by atomic mass is 19.3. The molecule has 0 amide bonds. The summed E-state index contributed by atoms with van der Waals surface area (Å²) in [5.41, 5.74) is 1.55. The third-order valence-corrected chi connectivity index (χ3v) is 4.18. The third-order valence-electron chi connectivity index (χ3n) is 4.18. The van der Waals surface area contributed by atoms with Gasteiger partial charge in [0.05, 0.1) is 12.2 Å². The average Bonchev–Trinajstić information content (AvgIpc) is 2.63. The molecule has 0 spiro atoms. The topological polar surface area (TPSA) is 18.5 Å². The largest absolute Gasteiger partial charge is 0.435 e. The van der Waals surface area contributed by atoms with Gasteiger partial charge in [0.2, 0.25) is 0 Å². The summed E-state index contributed by atoms with van der Waals surface area (Å²) in [7, 11) is 0. The van der Waals surface area contributed by atoms with Crippen molar-refractivity contribution in [3.8, 4) is 5.75 Å². The molecule has 2 nitrogen and oxygen atoms in total. The summed E-state index contributed by atoms with van der Waals surface area (Å²) >= 11 is 0. The van der Waals surface area contributed by atoms with E-state index in [0.29, 0.717) is 5.56 Å². The third kappa shape index (κ3) is 7.21. The van der Waals surface area contributed by atoms with Crippen molar-refractivity contribution >= 4 is 0 Å². The van der Waals surface area contributed by atoms with E-state index in [-0.39, 0.29) is 24.3 Å². The van der Waals surface area contributed by atoms with Crippen LogP contribution in [-0.4, -0.2) is 13.2 Å². The molecule has 0 bridgehead atoms. The molecule has 0 saturated heterocycles. The molecule has 0 radical (unpaired) electrons. The van der Waals surface area contributed by atoms with Gasteiger partial charge in [0.15, 0.2) is 0 Å². The summed E-state index contributed by atoms with van der Waals surface area (Å²) in [4.78, 5) is 0. The second-order valence-electron chi connectivity index (χ2n) is 6.29. The predicted octanol–water partition coefficient (Wildman–Crippen LogP) is 6.33. The molecular weight excluding hydrogens is 360 g/mol. The average molecular weight is 384 g/mol. The maximum absolute atomic E-state index is 14.2. The summed E-state index contributed by atoms with van der Waals surface area (Å²) in [6, 6.07) is 12.1. The minimum atomic E-state index is -3.37. The second kappa shape index (κ2) is 10.3. The molecule has 6 heteroatoms. The van der Waals surface area contributed by atoms with Gasteiger partial charge in [-0.25, -0.2) is 0 Å². The van der Waals surface area contributed by atoms with E-state index in [4.69, 9.17) is 4.74 Å². The van der Waals surface area contributed by atoms with Crippen LogP contribution in [0.25, 0.3) is 0 Å². The number of alkyl halides is 4. The summed E-state index contributed by atoms with van der Waals surface area (Å²) < 4.78 is 61.6. The number of rotatable bonds is 11. The van der Waals surface area contributed by atoms with Crippen LogP contribution < -0.4 is 4.74 Å². The zero-order valence-electron chi connectivity index (χ0n) is 15.3. The van der Waals surface area contributed by atoms with Crippen LogP contribution in [0, 0.1) is 0 Å². The molecule has 2 aromatic rings. The van der Waals surface area contributed by atoms with Crippen molar-refractivity contribution in [1.82, 2.24) is 0 Å². The molecule has 0 saturated carbocycles. The van der Waals surface area contributed by atoms with Crippen LogP contribution in [0.4, 0.5) is 17.6 Å². The molecule has 27 heavy (non-hydrogen) atoms. The van der Waals surface area contributed by atoms with Gasteiger partial charge >= 0.3 is 12.7 Å². The molecular formula is C21H24F4O2. The Morgan fingerprint density at radius 1 is 0.852 bits per heavy atom. The van der Waals surface area contributed by atoms with Gasteiger partial charge in [0, 0.05) is 0 Å². The number of aryl methyl sites for hydroxylation is 1. The lowest BCUT2D eigenvalue weighted by atomic mass is 10.1. The van der Waals surface area contributed by atoms with Crippen LogP contribution in [0.5, 0.6) is 5.75 Å². The van der Waals surface area contributed by atoms with Crippen molar-refractivity contribution in [2.75, 3.05) is 6.61 Å². The van der Waals surface area contributed by atoms with E-state index in [1.54, 1.807) is 24.3 Å². The van der Waals surface area contributed by atoms with E-state index >= 15 is 0 Å². The number of ether oxygens (including phenoxy) is 2. The smallest absolute Gasteiger partial charge is 0.387 e. The van der Waals surface area contributed by atoms with Gasteiger partial charge in [0.1, 0.15) is 5.75 Å². The van der Waals surface area contributed by atoms with Crippen LogP contribution in [0.2, 0.25) is 0 Å². The highest BCUT2D eigenvalue weighted by Crippen LogP contribution is 2.30. The SMILES string of the molecule is CCCCCc1ccc(C(F)(F)OCCc2ccc(OC(F)F)cc2)cc1. The number of unbranched alkanes of at least 4 members (excludes halogenated alkanes) is 2. The fourth-order valence-electron chi connectivity index (χ4n) is 2.66. The lowest BCUT2D eigenvalue weighted by molar-refractivity contribution is -0.248. The van der Waals surface area contributed by atoms with E-state index in [2.05, 4.69) is 11.7 Å². The number of hydrogen-bond acceptors (Lipinski definition) is 2. The minimum Gasteiger partial charge on any atom is -0.435 e. The lowest BCUT2D eigenvalue weighted by Gasteiger charge is -2.17. The van der Waals surface area contributed by atoms with Gasteiger partial charge in [-0.15, -0.1) is 0 Å². The van der Waals surface area contributed by atoms with Gasteiger partial charge in [-0.2, -0.15) is 17.6 Å². The highest BCUT2D eigenvalue weighted by Gasteiger charge is 2.32. The van der Waals surface area contributed by atoms with Crippen LogP contribution >= 0.6 is 0 Å². The van der Waals surface area contributed by atoms with Crippen molar-refractivity contribution in [3.05, 3.63) is 65.2 Å². The maximum atomic E-state index is 14.2. The normalized spacial score (nSPS) is 11.8. The monoisotopic (exact) mass is 384 g/mol. The van der Waals surface area contributed by atoms with E-state index in [9.17, 15) is 17.6 Å². The predicted molar refractivity (Wildman–Crippen MR) is 96.3 cm³/mol. The second-order valence-corrected chi connectivity index (χ2v) is 6.29. The number of hydrogen-bond donors (Lipinski definition) is 0. The van der Waals surface area contributed by atoms with E-state index in [0.717, 1.165) is 31.2 Å².